The summed E-state index contributed by atoms with van der Waals surface area (Å²) in [4.78, 5) is 0. The maximum atomic E-state index is 3.95. The Bertz CT molecular complexity index is 734. The van der Waals surface area contributed by atoms with Gasteiger partial charge >= 0.3 is 0 Å². The van der Waals surface area contributed by atoms with Crippen LogP contribution in [-0.2, 0) is 0 Å². The van der Waals surface area contributed by atoms with Gasteiger partial charge in [0, 0.05) is 16.5 Å². The van der Waals surface area contributed by atoms with Crippen molar-refractivity contribution in [3.8, 4) is 0 Å². The molecule has 0 saturated carbocycles. The molecule has 108 valence electrons. The summed E-state index contributed by atoms with van der Waals surface area (Å²) < 4.78 is 2.14. The highest BCUT2D eigenvalue weighted by molar-refractivity contribution is 5.72. The molecule has 0 unspecified atom stereocenters. The fraction of sp³-hybridized carbons (Fsp3) is 0.100. The number of allylic oxidation sites excluding steroid dienone is 6. The van der Waals surface area contributed by atoms with E-state index < -0.39 is 0 Å². The summed E-state index contributed by atoms with van der Waals surface area (Å²) in [5.74, 6) is 0. The van der Waals surface area contributed by atoms with Crippen molar-refractivity contribution in [2.45, 2.75) is 13.8 Å². The van der Waals surface area contributed by atoms with E-state index in [1.807, 2.05) is 50.3 Å². The summed E-state index contributed by atoms with van der Waals surface area (Å²) in [6.07, 6.45) is 17.4. The van der Waals surface area contributed by atoms with Gasteiger partial charge in [0.15, 0.2) is 0 Å². The minimum absolute atomic E-state index is 1.01. The molecule has 0 aliphatic carbocycles. The van der Waals surface area contributed by atoms with Gasteiger partial charge in [-0.05, 0) is 38.2 Å². The lowest BCUT2D eigenvalue weighted by molar-refractivity contribution is 1.05. The third kappa shape index (κ3) is 3.14. The van der Waals surface area contributed by atoms with Crippen LogP contribution in [0, 0.1) is 0 Å². The van der Waals surface area contributed by atoms with Gasteiger partial charge in [0.1, 0.15) is 0 Å². The van der Waals surface area contributed by atoms with Gasteiger partial charge in [-0.2, -0.15) is 0 Å². The molecule has 0 atom stereocenters. The molecule has 1 heteroatoms. The number of nitrogens with zero attached hydrogens (tertiary/aromatic N) is 1. The molecule has 1 rings (SSSR count). The van der Waals surface area contributed by atoms with Gasteiger partial charge in [0.25, 0.3) is 0 Å². The van der Waals surface area contributed by atoms with Crippen LogP contribution in [-0.4, -0.2) is 4.57 Å². The molecule has 1 nitrogen and oxygen atoms in total. The Labute approximate surface area is 127 Å². The van der Waals surface area contributed by atoms with Crippen molar-refractivity contribution >= 4 is 30.0 Å². The molecule has 0 aromatic carbocycles. The third-order valence-corrected chi connectivity index (χ3v) is 3.17. The summed E-state index contributed by atoms with van der Waals surface area (Å²) in [5.41, 5.74) is 3.10. The van der Waals surface area contributed by atoms with Gasteiger partial charge in [-0.25, -0.2) is 0 Å². The van der Waals surface area contributed by atoms with Crippen LogP contribution in [0.15, 0.2) is 56.7 Å². The number of aromatic nitrogens is 1. The molecular weight excluding hydrogens is 254 g/mol. The number of hydrogen-bond acceptors (Lipinski definition) is 0. The second-order valence-electron chi connectivity index (χ2n) is 4.36. The summed E-state index contributed by atoms with van der Waals surface area (Å²) in [6.45, 7) is 19.5. The lowest BCUT2D eigenvalue weighted by atomic mass is 10.2. The zero-order valence-corrected chi connectivity index (χ0v) is 13.0. The Kier molecular flexibility index (Phi) is 6.22. The predicted molar refractivity (Wildman–Crippen MR) is 97.9 cm³/mol. The summed E-state index contributed by atoms with van der Waals surface area (Å²) in [7, 11) is 0. The van der Waals surface area contributed by atoms with E-state index in [1.165, 1.54) is 0 Å². The SMILES string of the molecule is C=C/C=C(\C=C/C)n1c(C=C)c(C=C)c(=C/C)/c1=C\C=C. The van der Waals surface area contributed by atoms with Crippen molar-refractivity contribution in [1.29, 1.82) is 0 Å². The van der Waals surface area contributed by atoms with Crippen LogP contribution in [0.25, 0.3) is 30.0 Å². The standard InChI is InChI=1S/C20H23N/c1-7-13-16(14-8-2)21-19(12-6)17(10-4)18(11-5)20(21)15-9-3/h7-15H,1,3-4,6H2,2,5H3/b14-8-,16-13+,18-11-,20-15+. The maximum absolute atomic E-state index is 3.95. The Morgan fingerprint density at radius 2 is 1.71 bits per heavy atom. The van der Waals surface area contributed by atoms with Gasteiger partial charge in [-0.3, -0.25) is 0 Å². The van der Waals surface area contributed by atoms with Crippen LogP contribution in [0.2, 0.25) is 0 Å². The van der Waals surface area contributed by atoms with E-state index in [4.69, 9.17) is 0 Å². The van der Waals surface area contributed by atoms with Crippen molar-refractivity contribution in [3.05, 3.63) is 78.5 Å². The van der Waals surface area contributed by atoms with Crippen molar-refractivity contribution in [2.75, 3.05) is 0 Å². The number of hydrogen-bond donors (Lipinski definition) is 0. The van der Waals surface area contributed by atoms with E-state index >= 15 is 0 Å². The van der Waals surface area contributed by atoms with E-state index in [2.05, 4.69) is 37.0 Å². The van der Waals surface area contributed by atoms with Crippen LogP contribution in [0.4, 0.5) is 0 Å². The van der Waals surface area contributed by atoms with E-state index in [9.17, 15) is 0 Å². The average Bonchev–Trinajstić information content (AvgIpc) is 2.79. The normalized spacial score (nSPS) is 13.7. The molecule has 0 bridgehead atoms. The minimum Gasteiger partial charge on any atom is -0.309 e. The van der Waals surface area contributed by atoms with Crippen LogP contribution in [0.3, 0.4) is 0 Å². The fourth-order valence-corrected chi connectivity index (χ4v) is 2.42. The van der Waals surface area contributed by atoms with Gasteiger partial charge in [0.2, 0.25) is 0 Å². The van der Waals surface area contributed by atoms with E-state index in [1.54, 1.807) is 12.2 Å². The van der Waals surface area contributed by atoms with Crippen LogP contribution in [0.5, 0.6) is 0 Å². The zero-order chi connectivity index (χ0) is 15.8. The molecule has 0 aliphatic rings. The highest BCUT2D eigenvalue weighted by atomic mass is 15.0. The number of rotatable bonds is 6. The topological polar surface area (TPSA) is 4.93 Å². The molecule has 0 spiro atoms. The first-order chi connectivity index (χ1) is 10.2. The lowest BCUT2D eigenvalue weighted by Crippen LogP contribution is -2.29. The molecule has 0 fully saturated rings. The van der Waals surface area contributed by atoms with E-state index in [-0.39, 0.29) is 0 Å². The second-order valence-corrected chi connectivity index (χ2v) is 4.36. The van der Waals surface area contributed by atoms with Crippen molar-refractivity contribution in [1.82, 2.24) is 4.57 Å². The fourth-order valence-electron chi connectivity index (χ4n) is 2.42. The first-order valence-corrected chi connectivity index (χ1v) is 6.94. The molecule has 0 aliphatic heterocycles. The maximum Gasteiger partial charge on any atom is 0.0537 e. The van der Waals surface area contributed by atoms with Gasteiger partial charge in [0.05, 0.1) is 11.0 Å². The highest BCUT2D eigenvalue weighted by Crippen LogP contribution is 2.14. The molecule has 0 N–H and O–H groups in total. The first-order valence-electron chi connectivity index (χ1n) is 6.94. The van der Waals surface area contributed by atoms with Gasteiger partial charge in [-0.1, -0.05) is 56.7 Å². The molecular formula is C20H23N. The minimum atomic E-state index is 1.01. The summed E-state index contributed by atoms with van der Waals surface area (Å²) in [6, 6.07) is 0. The van der Waals surface area contributed by atoms with E-state index in [0.29, 0.717) is 0 Å². The van der Waals surface area contributed by atoms with Crippen molar-refractivity contribution < 1.29 is 0 Å². The van der Waals surface area contributed by atoms with Crippen LogP contribution in [0.1, 0.15) is 25.1 Å². The quantitative estimate of drug-likeness (QED) is 0.689. The molecule has 1 aromatic rings. The Balaban J connectivity index is 4.09. The smallest absolute Gasteiger partial charge is 0.0537 e. The molecule has 1 heterocycles. The van der Waals surface area contributed by atoms with Gasteiger partial charge in [-0.15, -0.1) is 0 Å². The lowest BCUT2D eigenvalue weighted by Gasteiger charge is -2.09. The summed E-state index contributed by atoms with van der Waals surface area (Å²) >= 11 is 0. The molecule has 0 saturated heterocycles. The summed E-state index contributed by atoms with van der Waals surface area (Å²) in [5, 5.41) is 2.18. The van der Waals surface area contributed by atoms with Crippen molar-refractivity contribution in [2.24, 2.45) is 0 Å². The molecule has 0 amide bonds. The van der Waals surface area contributed by atoms with Crippen LogP contribution >= 0.6 is 0 Å². The molecule has 1 aromatic heterocycles. The highest BCUT2D eigenvalue weighted by Gasteiger charge is 2.11. The molecule has 0 radical (unpaired) electrons. The Morgan fingerprint density at radius 1 is 1.00 bits per heavy atom. The first kappa shape index (κ1) is 16.5. The second kappa shape index (κ2) is 7.91. The molecule has 21 heavy (non-hydrogen) atoms. The Hall–Kier alpha value is -2.54. The van der Waals surface area contributed by atoms with Gasteiger partial charge < -0.3 is 4.57 Å². The zero-order valence-electron chi connectivity index (χ0n) is 13.0. The van der Waals surface area contributed by atoms with E-state index in [0.717, 1.165) is 27.5 Å². The third-order valence-electron chi connectivity index (χ3n) is 3.17. The average molecular weight is 277 g/mol. The predicted octanol–water partition coefficient (Wildman–Crippen LogP) is 4.14. The van der Waals surface area contributed by atoms with Crippen LogP contribution < -0.4 is 10.6 Å². The Morgan fingerprint density at radius 3 is 2.14 bits per heavy atom. The largest absolute Gasteiger partial charge is 0.309 e. The van der Waals surface area contributed by atoms with Crippen molar-refractivity contribution in [3.63, 3.8) is 0 Å². The monoisotopic (exact) mass is 277 g/mol.